The van der Waals surface area contributed by atoms with Gasteiger partial charge in [-0.1, -0.05) is 6.92 Å². The van der Waals surface area contributed by atoms with Crippen LogP contribution in [0.3, 0.4) is 0 Å². The van der Waals surface area contributed by atoms with Gasteiger partial charge in [-0.15, -0.1) is 0 Å². The fourth-order valence-electron chi connectivity index (χ4n) is 3.44. The zero-order valence-electron chi connectivity index (χ0n) is 16.2. The average molecular weight is 353 g/mol. The molecule has 138 valence electrons. The van der Waals surface area contributed by atoms with Crippen molar-refractivity contribution in [2.24, 2.45) is 5.92 Å². The molecule has 0 bridgehead atoms. The zero-order chi connectivity index (χ0) is 18.8. The molecule has 1 aromatic carbocycles. The van der Waals surface area contributed by atoms with Gasteiger partial charge in [0.05, 0.1) is 23.8 Å². The minimum Gasteiger partial charge on any atom is -0.497 e. The molecule has 0 radical (unpaired) electrons. The van der Waals surface area contributed by atoms with Crippen molar-refractivity contribution >= 4 is 27.7 Å². The summed E-state index contributed by atoms with van der Waals surface area (Å²) in [6.07, 6.45) is 2.62. The third kappa shape index (κ3) is 3.39. The van der Waals surface area contributed by atoms with Gasteiger partial charge in [-0.2, -0.15) is 0 Å². The first-order valence-corrected chi connectivity index (χ1v) is 9.14. The predicted molar refractivity (Wildman–Crippen MR) is 106 cm³/mol. The van der Waals surface area contributed by atoms with Crippen LogP contribution < -0.4 is 10.1 Å². The van der Waals surface area contributed by atoms with Crippen LogP contribution in [0.15, 0.2) is 30.5 Å². The number of aromatic nitrogens is 2. The van der Waals surface area contributed by atoms with E-state index >= 15 is 0 Å². The molecule has 0 saturated carbocycles. The van der Waals surface area contributed by atoms with Crippen molar-refractivity contribution in [1.82, 2.24) is 14.9 Å². The van der Waals surface area contributed by atoms with Gasteiger partial charge in [0.15, 0.2) is 0 Å². The number of benzene rings is 1. The number of nitrogens with zero attached hydrogens (tertiary/aromatic N) is 2. The van der Waals surface area contributed by atoms with Gasteiger partial charge < -0.3 is 14.6 Å². The molecular weight excluding hydrogens is 326 g/mol. The van der Waals surface area contributed by atoms with E-state index in [1.54, 1.807) is 7.11 Å². The Balaban J connectivity index is 2.01. The fraction of sp³-hybridized carbons (Fsp3) is 0.429. The zero-order valence-corrected chi connectivity index (χ0v) is 16.2. The maximum absolute atomic E-state index is 12.3. The molecule has 5 nitrogen and oxygen atoms in total. The summed E-state index contributed by atoms with van der Waals surface area (Å²) in [5, 5.41) is 5.37. The number of ether oxygens (including phenoxy) is 1. The van der Waals surface area contributed by atoms with Crippen molar-refractivity contribution < 1.29 is 9.53 Å². The van der Waals surface area contributed by atoms with Gasteiger partial charge in [-0.25, -0.2) is 0 Å². The number of carbonyl (C=O) groups excluding carboxylic acids is 1. The second kappa shape index (κ2) is 7.36. The minimum atomic E-state index is -0.0486. The molecule has 0 spiro atoms. The molecule has 3 rings (SSSR count). The summed E-state index contributed by atoms with van der Waals surface area (Å²) in [6.45, 7) is 8.74. The number of carbonyl (C=O) groups is 1. The molecule has 1 amide bonds. The Kier molecular flexibility index (Phi) is 5.16. The van der Waals surface area contributed by atoms with Crippen LogP contribution in [0.25, 0.3) is 21.8 Å². The van der Waals surface area contributed by atoms with Crippen molar-refractivity contribution in [2.45, 2.75) is 46.7 Å². The standard InChI is InChI=1S/C21H27N3O2/c1-13(2)23-21(25)14(3)9-11-24-19-12-16(26-5)6-7-17(19)18-8-10-22-15(4)20(18)24/h6-8,10,12-14H,9,11H2,1-5H3,(H,23,25). The first kappa shape index (κ1) is 18.2. The van der Waals surface area contributed by atoms with Gasteiger partial charge >= 0.3 is 0 Å². The van der Waals surface area contributed by atoms with E-state index < -0.39 is 0 Å². The number of amides is 1. The molecular formula is C21H27N3O2. The second-order valence-corrected chi connectivity index (χ2v) is 7.18. The van der Waals surface area contributed by atoms with Gasteiger partial charge in [0, 0.05) is 41.5 Å². The molecule has 26 heavy (non-hydrogen) atoms. The van der Waals surface area contributed by atoms with Crippen molar-refractivity contribution in [3.63, 3.8) is 0 Å². The maximum Gasteiger partial charge on any atom is 0.223 e. The maximum atomic E-state index is 12.3. The van der Waals surface area contributed by atoms with E-state index in [9.17, 15) is 4.79 Å². The highest BCUT2D eigenvalue weighted by molar-refractivity contribution is 6.09. The van der Waals surface area contributed by atoms with Gasteiger partial charge in [0.2, 0.25) is 5.91 Å². The number of pyridine rings is 1. The van der Waals surface area contributed by atoms with E-state index in [2.05, 4.69) is 33.1 Å². The molecule has 1 unspecified atom stereocenters. The Labute approximate surface area is 154 Å². The van der Waals surface area contributed by atoms with Crippen LogP contribution in [0.5, 0.6) is 5.75 Å². The summed E-state index contributed by atoms with van der Waals surface area (Å²) in [5.41, 5.74) is 3.25. The molecule has 3 aromatic rings. The number of fused-ring (bicyclic) bond motifs is 3. The van der Waals surface area contributed by atoms with Crippen LogP contribution in [-0.2, 0) is 11.3 Å². The van der Waals surface area contributed by atoms with Crippen molar-refractivity contribution in [1.29, 1.82) is 0 Å². The number of rotatable bonds is 6. The number of aryl methyl sites for hydroxylation is 2. The summed E-state index contributed by atoms with van der Waals surface area (Å²) in [6, 6.07) is 8.37. The van der Waals surface area contributed by atoms with Gasteiger partial charge in [-0.05, 0) is 45.4 Å². The van der Waals surface area contributed by atoms with Crippen LogP contribution in [-0.4, -0.2) is 28.6 Å². The second-order valence-electron chi connectivity index (χ2n) is 7.18. The summed E-state index contributed by atoms with van der Waals surface area (Å²) >= 11 is 0. The highest BCUT2D eigenvalue weighted by Crippen LogP contribution is 2.33. The van der Waals surface area contributed by atoms with Crippen LogP contribution in [0.2, 0.25) is 0 Å². The first-order chi connectivity index (χ1) is 12.4. The van der Waals surface area contributed by atoms with E-state index in [0.717, 1.165) is 35.4 Å². The number of methoxy groups -OCH3 is 1. The lowest BCUT2D eigenvalue weighted by Gasteiger charge is -2.16. The quantitative estimate of drug-likeness (QED) is 0.727. The molecule has 0 aliphatic heterocycles. The monoisotopic (exact) mass is 353 g/mol. The molecule has 1 atom stereocenters. The Morgan fingerprint density at radius 2 is 2.00 bits per heavy atom. The third-order valence-electron chi connectivity index (χ3n) is 4.83. The van der Waals surface area contributed by atoms with Crippen molar-refractivity contribution in [3.05, 3.63) is 36.2 Å². The Hall–Kier alpha value is -2.56. The molecule has 5 heteroatoms. The van der Waals surface area contributed by atoms with Gasteiger partial charge in [-0.3, -0.25) is 9.78 Å². The lowest BCUT2D eigenvalue weighted by molar-refractivity contribution is -0.125. The normalized spacial score (nSPS) is 12.7. The highest BCUT2D eigenvalue weighted by Gasteiger charge is 2.17. The molecule has 2 heterocycles. The summed E-state index contributed by atoms with van der Waals surface area (Å²) in [4.78, 5) is 16.7. The minimum absolute atomic E-state index is 0.0486. The predicted octanol–water partition coefficient (Wildman–Crippen LogP) is 4.06. The van der Waals surface area contributed by atoms with Crippen LogP contribution >= 0.6 is 0 Å². The Bertz CT molecular complexity index is 943. The number of nitrogens with one attached hydrogen (secondary N) is 1. The van der Waals surface area contributed by atoms with Gasteiger partial charge in [0.25, 0.3) is 0 Å². The van der Waals surface area contributed by atoms with Crippen LogP contribution in [0.4, 0.5) is 0 Å². The lowest BCUT2D eigenvalue weighted by atomic mass is 10.1. The van der Waals surface area contributed by atoms with E-state index in [1.807, 2.05) is 40.0 Å². The van der Waals surface area contributed by atoms with E-state index in [0.29, 0.717) is 0 Å². The third-order valence-corrected chi connectivity index (χ3v) is 4.83. The smallest absolute Gasteiger partial charge is 0.223 e. The van der Waals surface area contributed by atoms with E-state index in [4.69, 9.17) is 4.74 Å². The van der Waals surface area contributed by atoms with Crippen LogP contribution in [0.1, 0.15) is 32.9 Å². The molecule has 0 aliphatic rings. The fourth-order valence-corrected chi connectivity index (χ4v) is 3.44. The average Bonchev–Trinajstić information content (AvgIpc) is 2.93. The van der Waals surface area contributed by atoms with E-state index in [1.165, 1.54) is 10.8 Å². The molecule has 2 aromatic heterocycles. The van der Waals surface area contributed by atoms with Crippen molar-refractivity contribution in [3.8, 4) is 5.75 Å². The summed E-state index contributed by atoms with van der Waals surface area (Å²) < 4.78 is 7.69. The Morgan fingerprint density at radius 1 is 1.23 bits per heavy atom. The molecule has 0 saturated heterocycles. The summed E-state index contributed by atoms with van der Waals surface area (Å²) in [7, 11) is 1.68. The molecule has 0 fully saturated rings. The van der Waals surface area contributed by atoms with Gasteiger partial charge in [0.1, 0.15) is 5.75 Å². The lowest BCUT2D eigenvalue weighted by Crippen LogP contribution is -2.34. The first-order valence-electron chi connectivity index (χ1n) is 9.14. The molecule has 1 N–H and O–H groups in total. The van der Waals surface area contributed by atoms with Crippen LogP contribution in [0, 0.1) is 12.8 Å². The summed E-state index contributed by atoms with van der Waals surface area (Å²) in [5.74, 6) is 0.887. The molecule has 0 aliphatic carbocycles. The van der Waals surface area contributed by atoms with Crippen molar-refractivity contribution in [2.75, 3.05) is 7.11 Å². The Morgan fingerprint density at radius 3 is 2.69 bits per heavy atom. The number of hydrogen-bond donors (Lipinski definition) is 1. The number of hydrogen-bond acceptors (Lipinski definition) is 3. The van der Waals surface area contributed by atoms with E-state index in [-0.39, 0.29) is 17.9 Å². The SMILES string of the molecule is COc1ccc2c3ccnc(C)c3n(CCC(C)C(=O)NC(C)C)c2c1. The topological polar surface area (TPSA) is 56.2 Å². The highest BCUT2D eigenvalue weighted by atomic mass is 16.5. The largest absolute Gasteiger partial charge is 0.497 e.